The van der Waals surface area contributed by atoms with Crippen molar-refractivity contribution < 1.29 is 18.4 Å². The summed E-state index contributed by atoms with van der Waals surface area (Å²) in [5, 5.41) is 2.74. The number of Topliss-reactive ketones (excluding diaryl/α,β-unsaturated/α-hetero) is 1. The van der Waals surface area contributed by atoms with Crippen molar-refractivity contribution in [1.82, 2.24) is 5.32 Å². The van der Waals surface area contributed by atoms with Crippen LogP contribution < -0.4 is 5.32 Å². The van der Waals surface area contributed by atoms with Gasteiger partial charge in [-0.3, -0.25) is 9.59 Å². The first-order valence-electron chi connectivity index (χ1n) is 7.97. The fourth-order valence-electron chi connectivity index (χ4n) is 3.76. The van der Waals surface area contributed by atoms with E-state index in [1.807, 2.05) is 32.9 Å². The van der Waals surface area contributed by atoms with E-state index in [-0.39, 0.29) is 37.4 Å². The lowest BCUT2D eigenvalue weighted by atomic mass is 9.75. The second-order valence-electron chi connectivity index (χ2n) is 7.02. The Bertz CT molecular complexity index is 687. The molecule has 23 heavy (non-hydrogen) atoms. The molecule has 0 aromatic heterocycles. The number of halogens is 2. The summed E-state index contributed by atoms with van der Waals surface area (Å²) in [6, 6.07) is 3.84. The van der Waals surface area contributed by atoms with Gasteiger partial charge in [-0.1, -0.05) is 12.1 Å². The molecule has 2 aliphatic rings. The Hall–Kier alpha value is -1.78. The van der Waals surface area contributed by atoms with Crippen molar-refractivity contribution in [2.45, 2.75) is 63.8 Å². The van der Waals surface area contributed by atoms with E-state index in [0.29, 0.717) is 5.56 Å². The summed E-state index contributed by atoms with van der Waals surface area (Å²) in [5.41, 5.74) is 2.60. The Morgan fingerprint density at radius 1 is 0.957 bits per heavy atom. The molecule has 1 atom stereocenters. The summed E-state index contributed by atoms with van der Waals surface area (Å²) in [6.07, 6.45) is -0.661. The maximum absolute atomic E-state index is 13.4. The van der Waals surface area contributed by atoms with Gasteiger partial charge in [0, 0.05) is 12.8 Å². The molecule has 2 fully saturated rings. The monoisotopic (exact) mass is 321 g/mol. The van der Waals surface area contributed by atoms with Gasteiger partial charge in [0.05, 0.1) is 0 Å². The number of alkyl halides is 2. The quantitative estimate of drug-likeness (QED) is 0.806. The van der Waals surface area contributed by atoms with Crippen LogP contribution in [0.4, 0.5) is 8.78 Å². The molecule has 3 rings (SSSR count). The molecule has 1 saturated carbocycles. The van der Waals surface area contributed by atoms with Gasteiger partial charge in [-0.15, -0.1) is 0 Å². The van der Waals surface area contributed by atoms with Crippen molar-refractivity contribution in [1.29, 1.82) is 0 Å². The van der Waals surface area contributed by atoms with E-state index in [9.17, 15) is 18.4 Å². The highest BCUT2D eigenvalue weighted by atomic mass is 19.3. The van der Waals surface area contributed by atoms with Crippen LogP contribution in [-0.4, -0.2) is 23.2 Å². The van der Waals surface area contributed by atoms with Crippen LogP contribution in [0, 0.1) is 20.8 Å². The van der Waals surface area contributed by atoms with Gasteiger partial charge in [-0.2, -0.15) is 0 Å². The average Bonchev–Trinajstić information content (AvgIpc) is 2.70. The van der Waals surface area contributed by atoms with Crippen LogP contribution >= 0.6 is 0 Å². The number of amides is 1. The molecule has 1 spiro atoms. The molecule has 0 bridgehead atoms. The lowest BCUT2D eigenvalue weighted by Crippen LogP contribution is -2.51. The van der Waals surface area contributed by atoms with Crippen molar-refractivity contribution in [3.63, 3.8) is 0 Å². The number of carbonyl (C=O) groups excluding carboxylic acids is 2. The predicted octanol–water partition coefficient (Wildman–Crippen LogP) is 3.34. The maximum atomic E-state index is 13.4. The molecule has 1 aliphatic carbocycles. The van der Waals surface area contributed by atoms with Crippen molar-refractivity contribution >= 4 is 11.7 Å². The lowest BCUT2D eigenvalue weighted by molar-refractivity contribution is -0.128. The molecule has 1 saturated heterocycles. The zero-order valence-corrected chi connectivity index (χ0v) is 13.6. The van der Waals surface area contributed by atoms with E-state index < -0.39 is 17.4 Å². The largest absolute Gasteiger partial charge is 0.343 e. The van der Waals surface area contributed by atoms with E-state index in [2.05, 4.69) is 5.32 Å². The molecule has 124 valence electrons. The number of benzene rings is 1. The normalized spacial score (nSPS) is 25.7. The zero-order chi connectivity index (χ0) is 17.0. The molecular weight excluding hydrogens is 300 g/mol. The topological polar surface area (TPSA) is 46.2 Å². The number of rotatable bonds is 1. The standard InChI is InChI=1S/C18H21F2NO2/c1-10-8-12(3)13(9-11(10)2)14-15(22)17(21-16(14)23)4-6-18(19,20)7-5-17/h8-9,14H,4-7H2,1-3H3,(H,21,23). The second-order valence-corrected chi connectivity index (χ2v) is 7.02. The van der Waals surface area contributed by atoms with Crippen LogP contribution in [0.3, 0.4) is 0 Å². The molecule has 0 radical (unpaired) electrons. The van der Waals surface area contributed by atoms with Gasteiger partial charge in [-0.05, 0) is 55.9 Å². The molecule has 1 unspecified atom stereocenters. The molecule has 1 amide bonds. The van der Waals surface area contributed by atoms with Gasteiger partial charge < -0.3 is 5.32 Å². The molecule has 1 N–H and O–H groups in total. The SMILES string of the molecule is Cc1cc(C)c(C2C(=O)NC3(CCC(F)(F)CC3)C2=O)cc1C. The second kappa shape index (κ2) is 5.11. The Morgan fingerprint density at radius 3 is 2.13 bits per heavy atom. The molecule has 3 nitrogen and oxygen atoms in total. The minimum Gasteiger partial charge on any atom is -0.343 e. The Morgan fingerprint density at radius 2 is 1.52 bits per heavy atom. The predicted molar refractivity (Wildman–Crippen MR) is 82.7 cm³/mol. The van der Waals surface area contributed by atoms with Gasteiger partial charge in [0.25, 0.3) is 0 Å². The zero-order valence-electron chi connectivity index (χ0n) is 13.6. The van der Waals surface area contributed by atoms with E-state index in [0.717, 1.165) is 16.7 Å². The van der Waals surface area contributed by atoms with Crippen LogP contribution in [-0.2, 0) is 9.59 Å². The van der Waals surface area contributed by atoms with E-state index in [1.54, 1.807) is 0 Å². The van der Waals surface area contributed by atoms with E-state index >= 15 is 0 Å². The van der Waals surface area contributed by atoms with Crippen LogP contribution in [0.2, 0.25) is 0 Å². The number of hydrogen-bond acceptors (Lipinski definition) is 2. The summed E-state index contributed by atoms with van der Waals surface area (Å²) in [4.78, 5) is 25.4. The van der Waals surface area contributed by atoms with Gasteiger partial charge in [0.15, 0.2) is 5.78 Å². The van der Waals surface area contributed by atoms with Crippen LogP contribution in [0.5, 0.6) is 0 Å². The summed E-state index contributed by atoms with van der Waals surface area (Å²) >= 11 is 0. The third-order valence-electron chi connectivity index (χ3n) is 5.39. The minimum atomic E-state index is -2.73. The van der Waals surface area contributed by atoms with Crippen molar-refractivity contribution in [3.05, 3.63) is 34.4 Å². The Labute approximate surface area is 134 Å². The first kappa shape index (κ1) is 16.1. The smallest absolute Gasteiger partial charge is 0.248 e. The lowest BCUT2D eigenvalue weighted by Gasteiger charge is -2.35. The number of hydrogen-bond donors (Lipinski definition) is 1. The highest BCUT2D eigenvalue weighted by molar-refractivity contribution is 6.17. The molecule has 1 heterocycles. The van der Waals surface area contributed by atoms with Gasteiger partial charge in [-0.25, -0.2) is 8.78 Å². The molecular formula is C18H21F2NO2. The first-order chi connectivity index (χ1) is 10.7. The average molecular weight is 321 g/mol. The summed E-state index contributed by atoms with van der Waals surface area (Å²) < 4.78 is 26.8. The van der Waals surface area contributed by atoms with Gasteiger partial charge in [0.1, 0.15) is 11.5 Å². The molecule has 5 heteroatoms. The number of ketones is 1. The van der Waals surface area contributed by atoms with Crippen LogP contribution in [0.25, 0.3) is 0 Å². The van der Waals surface area contributed by atoms with Crippen molar-refractivity contribution in [2.75, 3.05) is 0 Å². The van der Waals surface area contributed by atoms with Crippen LogP contribution in [0.1, 0.15) is 53.9 Å². The molecule has 1 aliphatic heterocycles. The van der Waals surface area contributed by atoms with Crippen molar-refractivity contribution in [3.8, 4) is 0 Å². The minimum absolute atomic E-state index is 0.0188. The fraction of sp³-hybridized carbons (Fsp3) is 0.556. The third kappa shape index (κ3) is 2.56. The Kier molecular flexibility index (Phi) is 3.58. The summed E-state index contributed by atoms with van der Waals surface area (Å²) in [5.74, 6) is -4.21. The summed E-state index contributed by atoms with van der Waals surface area (Å²) in [7, 11) is 0. The molecule has 1 aromatic rings. The maximum Gasteiger partial charge on any atom is 0.248 e. The highest BCUT2D eigenvalue weighted by Crippen LogP contribution is 2.44. The first-order valence-corrected chi connectivity index (χ1v) is 7.97. The van der Waals surface area contributed by atoms with Crippen LogP contribution in [0.15, 0.2) is 12.1 Å². The third-order valence-corrected chi connectivity index (χ3v) is 5.39. The summed E-state index contributed by atoms with van der Waals surface area (Å²) in [6.45, 7) is 5.79. The number of nitrogens with one attached hydrogen (secondary N) is 1. The Balaban J connectivity index is 1.96. The van der Waals surface area contributed by atoms with Crippen molar-refractivity contribution in [2.24, 2.45) is 0 Å². The van der Waals surface area contributed by atoms with E-state index in [1.165, 1.54) is 0 Å². The fourth-order valence-corrected chi connectivity index (χ4v) is 3.76. The van der Waals surface area contributed by atoms with E-state index in [4.69, 9.17) is 0 Å². The number of aryl methyl sites for hydroxylation is 3. The number of carbonyl (C=O) groups is 2. The van der Waals surface area contributed by atoms with Gasteiger partial charge >= 0.3 is 0 Å². The van der Waals surface area contributed by atoms with Gasteiger partial charge in [0.2, 0.25) is 11.8 Å². The molecule has 1 aromatic carbocycles. The highest BCUT2D eigenvalue weighted by Gasteiger charge is 2.56.